The average Bonchev–Trinajstić information content (AvgIpc) is 2.63. The van der Waals surface area contributed by atoms with Crippen LogP contribution in [-0.4, -0.2) is 0 Å². The zero-order chi connectivity index (χ0) is 12.4. The molecule has 5 heteroatoms. The van der Waals surface area contributed by atoms with Crippen molar-refractivity contribution in [3.05, 3.63) is 53.5 Å². The molecule has 2 rings (SSSR count). The topological polar surface area (TPSA) is 26.0 Å². The Balaban J connectivity index is 2.11. The smallest absolute Gasteiger partial charge is 0.0843 e. The zero-order valence-electron chi connectivity index (χ0n) is 8.79. The first kappa shape index (κ1) is 13.7. The molecule has 0 saturated carbocycles. The maximum absolute atomic E-state index is 6.20. The molecule has 90 valence electrons. The molecule has 0 aliphatic rings. The number of hydrogen-bond donors (Lipinski definition) is 1. The fraction of sp³-hybridized carbons (Fsp3) is 0.167. The fourth-order valence-corrected chi connectivity index (χ4v) is 3.88. The summed E-state index contributed by atoms with van der Waals surface area (Å²) in [5, 5.41) is 0. The number of halogens is 3. The van der Waals surface area contributed by atoms with Crippen molar-refractivity contribution in [3.63, 3.8) is 0 Å². The standard InChI is InChI=1S/C12H10Br3NS/c13-8-3-1-7(2-4-8)5-10(16)11-6-9(14)12(15)17-11/h1-4,6,10H,5,16H2. The van der Waals surface area contributed by atoms with Crippen LogP contribution in [0.25, 0.3) is 0 Å². The maximum Gasteiger partial charge on any atom is 0.0843 e. The Morgan fingerprint density at radius 2 is 1.76 bits per heavy atom. The molecule has 0 spiro atoms. The third kappa shape index (κ3) is 3.64. The molecule has 0 radical (unpaired) electrons. The minimum atomic E-state index is 0.0452. The molecular formula is C12H10Br3NS. The van der Waals surface area contributed by atoms with E-state index in [4.69, 9.17) is 5.73 Å². The van der Waals surface area contributed by atoms with Crippen LogP contribution < -0.4 is 5.73 Å². The lowest BCUT2D eigenvalue weighted by molar-refractivity contribution is 0.736. The van der Waals surface area contributed by atoms with E-state index in [-0.39, 0.29) is 6.04 Å². The van der Waals surface area contributed by atoms with Crippen molar-refractivity contribution in [2.45, 2.75) is 12.5 Å². The third-order valence-electron chi connectivity index (χ3n) is 2.40. The Morgan fingerprint density at radius 1 is 1.12 bits per heavy atom. The fourth-order valence-electron chi connectivity index (χ4n) is 1.52. The second-order valence-electron chi connectivity index (χ2n) is 3.71. The van der Waals surface area contributed by atoms with Crippen LogP contribution in [-0.2, 0) is 6.42 Å². The highest BCUT2D eigenvalue weighted by Crippen LogP contribution is 2.35. The van der Waals surface area contributed by atoms with Crippen molar-refractivity contribution >= 4 is 59.1 Å². The summed E-state index contributed by atoms with van der Waals surface area (Å²) >= 11 is 12.1. The van der Waals surface area contributed by atoms with Crippen molar-refractivity contribution in [1.82, 2.24) is 0 Å². The molecule has 0 fully saturated rings. The molecule has 0 bridgehead atoms. The van der Waals surface area contributed by atoms with Gasteiger partial charge in [-0.1, -0.05) is 28.1 Å². The number of rotatable bonds is 3. The summed E-state index contributed by atoms with van der Waals surface area (Å²) in [5.74, 6) is 0. The molecule has 1 aromatic heterocycles. The van der Waals surface area contributed by atoms with Crippen LogP contribution in [0.2, 0.25) is 0 Å². The normalized spacial score (nSPS) is 12.7. The van der Waals surface area contributed by atoms with Gasteiger partial charge in [0, 0.05) is 19.9 Å². The third-order valence-corrected chi connectivity index (χ3v) is 6.32. The van der Waals surface area contributed by atoms with Gasteiger partial charge in [-0.15, -0.1) is 11.3 Å². The van der Waals surface area contributed by atoms with Crippen LogP contribution in [0.3, 0.4) is 0 Å². The predicted molar refractivity (Wildman–Crippen MR) is 84.5 cm³/mol. The van der Waals surface area contributed by atoms with Gasteiger partial charge in [0.2, 0.25) is 0 Å². The molecule has 1 nitrogen and oxygen atoms in total. The molecule has 0 amide bonds. The second-order valence-corrected chi connectivity index (χ2v) is 7.88. The van der Waals surface area contributed by atoms with E-state index >= 15 is 0 Å². The van der Waals surface area contributed by atoms with E-state index < -0.39 is 0 Å². The maximum atomic E-state index is 6.20. The number of benzene rings is 1. The van der Waals surface area contributed by atoms with E-state index in [1.807, 2.05) is 12.1 Å². The molecule has 17 heavy (non-hydrogen) atoms. The number of thiophene rings is 1. The molecular weight excluding hydrogens is 430 g/mol. The lowest BCUT2D eigenvalue weighted by Crippen LogP contribution is -2.11. The monoisotopic (exact) mass is 437 g/mol. The Bertz CT molecular complexity index is 487. The minimum Gasteiger partial charge on any atom is -0.323 e. The highest BCUT2D eigenvalue weighted by Gasteiger charge is 2.12. The Labute approximate surface area is 130 Å². The van der Waals surface area contributed by atoms with Gasteiger partial charge in [0.1, 0.15) is 0 Å². The van der Waals surface area contributed by atoms with Gasteiger partial charge in [0.25, 0.3) is 0 Å². The average molecular weight is 440 g/mol. The van der Waals surface area contributed by atoms with Crippen LogP contribution in [0, 0.1) is 0 Å². The Morgan fingerprint density at radius 3 is 2.29 bits per heavy atom. The van der Waals surface area contributed by atoms with Crippen LogP contribution >= 0.6 is 59.1 Å². The van der Waals surface area contributed by atoms with Crippen LogP contribution in [0.1, 0.15) is 16.5 Å². The number of nitrogens with two attached hydrogens (primary N) is 1. The largest absolute Gasteiger partial charge is 0.323 e. The number of hydrogen-bond acceptors (Lipinski definition) is 2. The zero-order valence-corrected chi connectivity index (χ0v) is 14.4. The first-order valence-electron chi connectivity index (χ1n) is 5.01. The molecule has 1 unspecified atom stereocenters. The van der Waals surface area contributed by atoms with Crippen molar-refractivity contribution in [2.75, 3.05) is 0 Å². The van der Waals surface area contributed by atoms with Crippen molar-refractivity contribution in [3.8, 4) is 0 Å². The van der Waals surface area contributed by atoms with Crippen LogP contribution in [0.5, 0.6) is 0 Å². The van der Waals surface area contributed by atoms with E-state index in [0.717, 1.165) is 19.2 Å². The van der Waals surface area contributed by atoms with E-state index in [9.17, 15) is 0 Å². The van der Waals surface area contributed by atoms with Crippen LogP contribution in [0.15, 0.2) is 43.1 Å². The summed E-state index contributed by atoms with van der Waals surface area (Å²) in [5.41, 5.74) is 7.46. The van der Waals surface area contributed by atoms with Gasteiger partial charge < -0.3 is 5.73 Å². The predicted octanol–water partition coefficient (Wildman–Crippen LogP) is 5.28. The van der Waals surface area contributed by atoms with Gasteiger partial charge in [0.15, 0.2) is 0 Å². The highest BCUT2D eigenvalue weighted by atomic mass is 79.9. The summed E-state index contributed by atoms with van der Waals surface area (Å²) in [7, 11) is 0. The van der Waals surface area contributed by atoms with Crippen molar-refractivity contribution in [1.29, 1.82) is 0 Å². The van der Waals surface area contributed by atoms with Gasteiger partial charge in [-0.05, 0) is 62.0 Å². The lowest BCUT2D eigenvalue weighted by Gasteiger charge is -2.09. The van der Waals surface area contributed by atoms with E-state index in [0.29, 0.717) is 0 Å². The van der Waals surface area contributed by atoms with Gasteiger partial charge in [-0.3, -0.25) is 0 Å². The molecule has 2 aromatic rings. The summed E-state index contributed by atoms with van der Waals surface area (Å²) < 4.78 is 3.26. The van der Waals surface area contributed by atoms with Gasteiger partial charge in [-0.2, -0.15) is 0 Å². The SMILES string of the molecule is NC(Cc1ccc(Br)cc1)c1cc(Br)c(Br)s1. The molecule has 0 aliphatic carbocycles. The van der Waals surface area contributed by atoms with Gasteiger partial charge in [-0.25, -0.2) is 0 Å². The first-order valence-corrected chi connectivity index (χ1v) is 8.20. The molecule has 2 N–H and O–H groups in total. The quantitative estimate of drug-likeness (QED) is 0.691. The van der Waals surface area contributed by atoms with E-state index in [1.54, 1.807) is 11.3 Å². The summed E-state index contributed by atoms with van der Waals surface area (Å²) in [6.45, 7) is 0. The minimum absolute atomic E-state index is 0.0452. The molecule has 0 saturated heterocycles. The Kier molecular flexibility index (Phi) is 4.83. The first-order chi connectivity index (χ1) is 8.06. The lowest BCUT2D eigenvalue weighted by atomic mass is 10.1. The van der Waals surface area contributed by atoms with E-state index in [1.165, 1.54) is 10.4 Å². The molecule has 1 heterocycles. The van der Waals surface area contributed by atoms with E-state index in [2.05, 4.69) is 66.0 Å². The van der Waals surface area contributed by atoms with Gasteiger partial charge in [0.05, 0.1) is 3.79 Å². The molecule has 1 atom stereocenters. The second kappa shape index (κ2) is 5.97. The summed E-state index contributed by atoms with van der Waals surface area (Å²) in [4.78, 5) is 1.19. The molecule has 1 aromatic carbocycles. The highest BCUT2D eigenvalue weighted by molar-refractivity contribution is 9.13. The Hall–Kier alpha value is 0.320. The summed E-state index contributed by atoms with van der Waals surface area (Å²) in [6, 6.07) is 10.4. The summed E-state index contributed by atoms with van der Waals surface area (Å²) in [6.07, 6.45) is 0.854. The van der Waals surface area contributed by atoms with Gasteiger partial charge >= 0.3 is 0 Å². The van der Waals surface area contributed by atoms with Crippen molar-refractivity contribution < 1.29 is 0 Å². The molecule has 0 aliphatic heterocycles. The van der Waals surface area contributed by atoms with Crippen molar-refractivity contribution in [2.24, 2.45) is 5.73 Å². The van der Waals surface area contributed by atoms with Crippen LogP contribution in [0.4, 0.5) is 0 Å².